The molecule has 0 rings (SSSR count). The predicted octanol–water partition coefficient (Wildman–Crippen LogP) is 0.108. The average Bonchev–Trinajstić information content (AvgIpc) is 2.30. The van der Waals surface area contributed by atoms with Gasteiger partial charge in [-0.05, 0) is 13.5 Å². The van der Waals surface area contributed by atoms with E-state index in [0.29, 0.717) is 19.6 Å². The third-order valence-corrected chi connectivity index (χ3v) is 2.14. The van der Waals surface area contributed by atoms with E-state index in [1.165, 1.54) is 0 Å². The lowest BCUT2D eigenvalue weighted by Crippen LogP contribution is -2.26. The first-order valence-corrected chi connectivity index (χ1v) is 5.42. The third kappa shape index (κ3) is 9.70. The van der Waals surface area contributed by atoms with Gasteiger partial charge in [-0.15, -0.1) is 0 Å². The van der Waals surface area contributed by atoms with Crippen molar-refractivity contribution in [2.24, 2.45) is 10.9 Å². The lowest BCUT2D eigenvalue weighted by Gasteiger charge is -2.15. The smallest absolute Gasteiger partial charge is 0.140 e. The fourth-order valence-electron chi connectivity index (χ4n) is 1.15. The molecule has 0 aliphatic heterocycles. The molecule has 0 fully saturated rings. The topological polar surface area (TPSA) is 80.3 Å². The fraction of sp³-hybridized carbons (Fsp3) is 0.900. The van der Waals surface area contributed by atoms with E-state index in [9.17, 15) is 0 Å². The quantitative estimate of drug-likeness (QED) is 0.184. The molecule has 0 amide bonds. The monoisotopic (exact) mass is 233 g/mol. The zero-order chi connectivity index (χ0) is 12.2. The molecule has 6 nitrogen and oxygen atoms in total. The van der Waals surface area contributed by atoms with Crippen LogP contribution in [0, 0.1) is 0 Å². The van der Waals surface area contributed by atoms with Crippen molar-refractivity contribution in [2.45, 2.75) is 12.8 Å². The maximum absolute atomic E-state index is 8.36. The molecule has 96 valence electrons. The molecule has 0 aromatic heterocycles. The summed E-state index contributed by atoms with van der Waals surface area (Å²) in [4.78, 5) is 2.12. The lowest BCUT2D eigenvalue weighted by molar-refractivity contribution is 0.0664. The van der Waals surface area contributed by atoms with Crippen molar-refractivity contribution in [3.8, 4) is 0 Å². The second kappa shape index (κ2) is 10.7. The summed E-state index contributed by atoms with van der Waals surface area (Å²) < 4.78 is 10.2. The summed E-state index contributed by atoms with van der Waals surface area (Å²) in [6.45, 7) is 3.74. The minimum absolute atomic E-state index is 0.267. The van der Waals surface area contributed by atoms with Crippen LogP contribution in [0.25, 0.3) is 0 Å². The highest BCUT2D eigenvalue weighted by Crippen LogP contribution is 1.91. The zero-order valence-corrected chi connectivity index (χ0v) is 10.2. The highest BCUT2D eigenvalue weighted by atomic mass is 16.5. The molecule has 0 saturated heterocycles. The van der Waals surface area contributed by atoms with Gasteiger partial charge in [0, 0.05) is 33.2 Å². The molecule has 6 heteroatoms. The zero-order valence-electron chi connectivity index (χ0n) is 10.2. The number of hydrogen-bond acceptors (Lipinski definition) is 5. The molecular formula is C10H23N3O3. The molecule has 0 aromatic carbocycles. The van der Waals surface area contributed by atoms with Crippen LogP contribution in [0.15, 0.2) is 5.16 Å². The van der Waals surface area contributed by atoms with Crippen molar-refractivity contribution >= 4 is 5.84 Å². The second-order valence-electron chi connectivity index (χ2n) is 3.60. The number of methoxy groups -OCH3 is 1. The molecule has 0 aliphatic carbocycles. The van der Waals surface area contributed by atoms with Crippen molar-refractivity contribution in [2.75, 3.05) is 47.1 Å². The second-order valence-corrected chi connectivity index (χ2v) is 3.60. The van der Waals surface area contributed by atoms with Gasteiger partial charge in [-0.2, -0.15) is 0 Å². The van der Waals surface area contributed by atoms with E-state index in [2.05, 4.69) is 10.1 Å². The van der Waals surface area contributed by atoms with E-state index in [1.807, 2.05) is 7.05 Å². The molecule has 0 spiro atoms. The Hall–Kier alpha value is -0.850. The molecular weight excluding hydrogens is 210 g/mol. The molecule has 0 aliphatic rings. The van der Waals surface area contributed by atoms with Crippen LogP contribution in [0.3, 0.4) is 0 Å². The van der Waals surface area contributed by atoms with Crippen molar-refractivity contribution in [1.82, 2.24) is 4.90 Å². The molecule has 3 N–H and O–H groups in total. The van der Waals surface area contributed by atoms with E-state index in [-0.39, 0.29) is 5.84 Å². The van der Waals surface area contributed by atoms with Gasteiger partial charge < -0.3 is 25.3 Å². The molecule has 0 bridgehead atoms. The minimum Gasteiger partial charge on any atom is -0.409 e. The predicted molar refractivity (Wildman–Crippen MR) is 62.8 cm³/mol. The number of nitrogens with zero attached hydrogens (tertiary/aromatic N) is 2. The largest absolute Gasteiger partial charge is 0.409 e. The summed E-state index contributed by atoms with van der Waals surface area (Å²) in [6.07, 6.45) is 1.55. The summed E-state index contributed by atoms with van der Waals surface area (Å²) in [6, 6.07) is 0. The van der Waals surface area contributed by atoms with E-state index in [4.69, 9.17) is 20.4 Å². The molecule has 0 saturated carbocycles. The SMILES string of the molecule is COCCOCCCN(C)CCC(N)=NO. The van der Waals surface area contributed by atoms with Gasteiger partial charge in [-0.1, -0.05) is 5.16 Å². The van der Waals surface area contributed by atoms with Crippen LogP contribution in [-0.4, -0.2) is 63.0 Å². The van der Waals surface area contributed by atoms with Crippen LogP contribution in [0.1, 0.15) is 12.8 Å². The highest BCUT2D eigenvalue weighted by Gasteiger charge is 2.00. The van der Waals surface area contributed by atoms with Gasteiger partial charge >= 0.3 is 0 Å². The maximum Gasteiger partial charge on any atom is 0.140 e. The van der Waals surface area contributed by atoms with Gasteiger partial charge in [-0.3, -0.25) is 0 Å². The third-order valence-electron chi connectivity index (χ3n) is 2.14. The van der Waals surface area contributed by atoms with E-state index in [1.54, 1.807) is 7.11 Å². The number of hydrogen-bond donors (Lipinski definition) is 2. The Morgan fingerprint density at radius 1 is 1.31 bits per heavy atom. The Balaban J connectivity index is 3.27. The number of oxime groups is 1. The van der Waals surface area contributed by atoms with Crippen molar-refractivity contribution < 1.29 is 14.7 Å². The van der Waals surface area contributed by atoms with Gasteiger partial charge in [0.15, 0.2) is 0 Å². The summed E-state index contributed by atoms with van der Waals surface area (Å²) >= 11 is 0. The molecule has 0 unspecified atom stereocenters. The van der Waals surface area contributed by atoms with Crippen LogP contribution < -0.4 is 5.73 Å². The Kier molecular flexibility index (Phi) is 10.1. The summed E-state index contributed by atoms with van der Waals surface area (Å²) in [5.41, 5.74) is 5.37. The van der Waals surface area contributed by atoms with Crippen molar-refractivity contribution in [3.63, 3.8) is 0 Å². The first-order chi connectivity index (χ1) is 7.70. The highest BCUT2D eigenvalue weighted by molar-refractivity contribution is 5.79. The standard InChI is InChI=1S/C10H23N3O3/c1-13(6-4-10(11)12-14)5-3-7-16-9-8-15-2/h14H,3-9H2,1-2H3,(H2,11,12). The fourth-order valence-corrected chi connectivity index (χ4v) is 1.15. The van der Waals surface area contributed by atoms with Gasteiger partial charge in [0.25, 0.3) is 0 Å². The molecule has 0 heterocycles. The Bertz CT molecular complexity index is 188. The van der Waals surface area contributed by atoms with Crippen LogP contribution in [0.5, 0.6) is 0 Å². The van der Waals surface area contributed by atoms with E-state index in [0.717, 1.165) is 26.1 Å². The molecule has 16 heavy (non-hydrogen) atoms. The molecule has 0 atom stereocenters. The minimum atomic E-state index is 0.267. The first kappa shape index (κ1) is 15.2. The Morgan fingerprint density at radius 3 is 2.69 bits per heavy atom. The first-order valence-electron chi connectivity index (χ1n) is 5.42. The van der Waals surface area contributed by atoms with Crippen LogP contribution in [-0.2, 0) is 9.47 Å². The van der Waals surface area contributed by atoms with Gasteiger partial charge in [0.05, 0.1) is 13.2 Å². The normalized spacial score (nSPS) is 12.3. The summed E-state index contributed by atoms with van der Waals surface area (Å²) in [5.74, 6) is 0.267. The summed E-state index contributed by atoms with van der Waals surface area (Å²) in [5, 5.41) is 11.3. The number of amidine groups is 1. The number of ether oxygens (including phenoxy) is 2. The summed E-state index contributed by atoms with van der Waals surface area (Å²) in [7, 11) is 3.66. The van der Waals surface area contributed by atoms with E-state index >= 15 is 0 Å². The molecule has 0 radical (unpaired) electrons. The Labute approximate surface area is 97.0 Å². The average molecular weight is 233 g/mol. The van der Waals surface area contributed by atoms with Crippen LogP contribution in [0.2, 0.25) is 0 Å². The maximum atomic E-state index is 8.36. The lowest BCUT2D eigenvalue weighted by atomic mass is 10.3. The van der Waals surface area contributed by atoms with Gasteiger partial charge in [0.2, 0.25) is 0 Å². The number of rotatable bonds is 10. The van der Waals surface area contributed by atoms with E-state index < -0.39 is 0 Å². The van der Waals surface area contributed by atoms with Gasteiger partial charge in [-0.25, -0.2) is 0 Å². The van der Waals surface area contributed by atoms with Crippen molar-refractivity contribution in [3.05, 3.63) is 0 Å². The molecule has 0 aromatic rings. The van der Waals surface area contributed by atoms with Crippen LogP contribution in [0.4, 0.5) is 0 Å². The van der Waals surface area contributed by atoms with Crippen LogP contribution >= 0.6 is 0 Å². The van der Waals surface area contributed by atoms with Gasteiger partial charge in [0.1, 0.15) is 5.84 Å². The Morgan fingerprint density at radius 2 is 2.06 bits per heavy atom. The number of nitrogens with two attached hydrogens (primary N) is 1. The van der Waals surface area contributed by atoms with Crippen molar-refractivity contribution in [1.29, 1.82) is 0 Å².